The Hall–Kier alpha value is -3.26. The van der Waals surface area contributed by atoms with Crippen molar-refractivity contribution in [2.24, 2.45) is 0 Å². The summed E-state index contributed by atoms with van der Waals surface area (Å²) in [5.74, 6) is -0.835. The molecule has 0 saturated carbocycles. The summed E-state index contributed by atoms with van der Waals surface area (Å²) in [6.45, 7) is 1.68. The maximum atomic E-state index is 12.8. The number of thioether (sulfide) groups is 1. The van der Waals surface area contributed by atoms with Gasteiger partial charge >= 0.3 is 12.0 Å². The van der Waals surface area contributed by atoms with Gasteiger partial charge in [0.15, 0.2) is 0 Å². The van der Waals surface area contributed by atoms with Crippen LogP contribution >= 0.6 is 11.8 Å². The first kappa shape index (κ1) is 20.0. The number of hydrogen-bond acceptors (Lipinski definition) is 5. The lowest BCUT2D eigenvalue weighted by Gasteiger charge is -2.32. The van der Waals surface area contributed by atoms with E-state index in [1.165, 1.54) is 4.90 Å². The number of cyclic esters (lactones) is 1. The van der Waals surface area contributed by atoms with Crippen LogP contribution in [0.2, 0.25) is 0 Å². The van der Waals surface area contributed by atoms with Gasteiger partial charge in [-0.1, -0.05) is 24.3 Å². The van der Waals surface area contributed by atoms with Crippen molar-refractivity contribution in [2.75, 3.05) is 24.7 Å². The number of aryl methyl sites for hydroxylation is 1. The summed E-state index contributed by atoms with van der Waals surface area (Å²) in [7, 11) is 0. The zero-order chi connectivity index (χ0) is 21.3. The number of ether oxygens (including phenoxy) is 1. The highest BCUT2D eigenvalue weighted by molar-refractivity contribution is 7.98. The summed E-state index contributed by atoms with van der Waals surface area (Å²) in [4.78, 5) is 40.1. The topological polar surface area (TPSA) is 87.7 Å². The van der Waals surface area contributed by atoms with Crippen molar-refractivity contribution in [1.29, 1.82) is 0 Å². The van der Waals surface area contributed by atoms with Gasteiger partial charge in [0.05, 0.1) is 17.3 Å². The third-order valence-electron chi connectivity index (χ3n) is 5.05. The van der Waals surface area contributed by atoms with Crippen molar-refractivity contribution in [3.8, 4) is 0 Å². The largest absolute Gasteiger partial charge is 0.456 e. The third-order valence-corrected chi connectivity index (χ3v) is 5.79. The Bertz CT molecular complexity index is 1050. The van der Waals surface area contributed by atoms with E-state index in [-0.39, 0.29) is 19.1 Å². The highest BCUT2D eigenvalue weighted by atomic mass is 32.2. The second-order valence-corrected chi connectivity index (χ2v) is 7.98. The molecule has 0 aliphatic carbocycles. The highest BCUT2D eigenvalue weighted by Gasteiger charge is 2.42. The molecule has 2 aromatic carbocycles. The minimum atomic E-state index is -0.602. The number of rotatable bonds is 5. The molecular weight excluding hydrogens is 402 g/mol. The van der Waals surface area contributed by atoms with E-state index < -0.39 is 18.0 Å². The van der Waals surface area contributed by atoms with Crippen LogP contribution in [0.1, 0.15) is 17.2 Å². The van der Waals surface area contributed by atoms with E-state index in [0.29, 0.717) is 17.0 Å². The molecule has 2 aromatic rings. The predicted molar refractivity (Wildman–Crippen MR) is 114 cm³/mol. The Kier molecular flexibility index (Phi) is 5.50. The average molecular weight is 423 g/mol. The molecular formula is C22H21N3O4S. The minimum Gasteiger partial charge on any atom is -0.456 e. The van der Waals surface area contributed by atoms with Crippen LogP contribution in [0, 0.1) is 6.92 Å². The SMILES string of the molecule is CSc1ccc(C2NC(=O)N(CC(=O)Nc3cccc(C)c3)C3=C2C(=O)OC3)cc1. The Morgan fingerprint density at radius 3 is 2.70 bits per heavy atom. The van der Waals surface area contributed by atoms with E-state index in [4.69, 9.17) is 4.74 Å². The summed E-state index contributed by atoms with van der Waals surface area (Å²) < 4.78 is 5.21. The van der Waals surface area contributed by atoms with Crippen LogP contribution in [0.15, 0.2) is 64.7 Å². The van der Waals surface area contributed by atoms with Gasteiger partial charge < -0.3 is 15.4 Å². The van der Waals surface area contributed by atoms with Crippen LogP contribution in [0.5, 0.6) is 0 Å². The fourth-order valence-electron chi connectivity index (χ4n) is 3.59. The van der Waals surface area contributed by atoms with Gasteiger partial charge in [-0.25, -0.2) is 9.59 Å². The molecule has 0 radical (unpaired) electrons. The number of nitrogens with zero attached hydrogens (tertiary/aromatic N) is 1. The van der Waals surface area contributed by atoms with Gasteiger partial charge in [0.2, 0.25) is 5.91 Å². The Morgan fingerprint density at radius 2 is 2.00 bits per heavy atom. The van der Waals surface area contributed by atoms with Crippen molar-refractivity contribution in [1.82, 2.24) is 10.2 Å². The molecule has 2 aliphatic heterocycles. The van der Waals surface area contributed by atoms with Crippen LogP contribution in [0.3, 0.4) is 0 Å². The number of carbonyl (C=O) groups is 3. The molecule has 1 atom stereocenters. The van der Waals surface area contributed by atoms with Crippen molar-refractivity contribution < 1.29 is 19.1 Å². The first-order valence-electron chi connectivity index (χ1n) is 9.45. The fourth-order valence-corrected chi connectivity index (χ4v) is 4.00. The van der Waals surface area contributed by atoms with Gasteiger partial charge in [-0.05, 0) is 48.6 Å². The molecule has 0 saturated heterocycles. The Balaban J connectivity index is 1.58. The number of hydrogen-bond donors (Lipinski definition) is 2. The summed E-state index contributed by atoms with van der Waals surface area (Å²) >= 11 is 1.61. The van der Waals surface area contributed by atoms with Crippen LogP contribution in [0.4, 0.5) is 10.5 Å². The second kappa shape index (κ2) is 8.23. The van der Waals surface area contributed by atoms with Crippen molar-refractivity contribution in [2.45, 2.75) is 17.9 Å². The van der Waals surface area contributed by atoms with E-state index in [9.17, 15) is 14.4 Å². The van der Waals surface area contributed by atoms with Gasteiger partial charge in [0.1, 0.15) is 13.2 Å². The standard InChI is InChI=1S/C22H21N3O4S/c1-13-4-3-5-15(10-13)23-18(26)11-25-17-12-29-21(27)19(17)20(24-22(25)28)14-6-8-16(30-2)9-7-14/h3-10,20H,11-12H2,1-2H3,(H,23,26)(H,24,28). The number of nitrogens with one attached hydrogen (secondary N) is 2. The quantitative estimate of drug-likeness (QED) is 0.570. The maximum Gasteiger partial charge on any atom is 0.338 e. The molecule has 3 amide bonds. The third kappa shape index (κ3) is 3.91. The molecule has 2 aliphatic rings. The molecule has 0 aromatic heterocycles. The fraction of sp³-hybridized carbons (Fsp3) is 0.227. The zero-order valence-electron chi connectivity index (χ0n) is 16.6. The molecule has 8 heteroatoms. The molecule has 154 valence electrons. The zero-order valence-corrected chi connectivity index (χ0v) is 17.4. The molecule has 0 fully saturated rings. The lowest BCUT2D eigenvalue weighted by molar-refractivity contribution is -0.136. The molecule has 1 unspecified atom stereocenters. The molecule has 2 heterocycles. The van der Waals surface area contributed by atoms with Crippen LogP contribution < -0.4 is 10.6 Å². The molecule has 4 rings (SSSR count). The Labute approximate surface area is 178 Å². The summed E-state index contributed by atoms with van der Waals surface area (Å²) in [6, 6.07) is 14.0. The number of esters is 1. The van der Waals surface area contributed by atoms with Crippen LogP contribution in [-0.2, 0) is 14.3 Å². The number of amides is 3. The van der Waals surface area contributed by atoms with E-state index in [0.717, 1.165) is 16.0 Å². The number of anilines is 1. The van der Waals surface area contributed by atoms with Gasteiger partial charge in [-0.15, -0.1) is 11.8 Å². The Morgan fingerprint density at radius 1 is 1.23 bits per heavy atom. The van der Waals surface area contributed by atoms with E-state index in [2.05, 4.69) is 10.6 Å². The van der Waals surface area contributed by atoms with Gasteiger partial charge in [0, 0.05) is 10.6 Å². The first-order chi connectivity index (χ1) is 14.5. The van der Waals surface area contributed by atoms with Crippen LogP contribution in [-0.4, -0.2) is 42.2 Å². The summed E-state index contributed by atoms with van der Waals surface area (Å²) in [6.07, 6.45) is 1.98. The smallest absolute Gasteiger partial charge is 0.338 e. The highest BCUT2D eigenvalue weighted by Crippen LogP contribution is 2.35. The predicted octanol–water partition coefficient (Wildman–Crippen LogP) is 3.23. The van der Waals surface area contributed by atoms with Crippen LogP contribution in [0.25, 0.3) is 0 Å². The normalized spacial score (nSPS) is 18.1. The van der Waals surface area contributed by atoms with E-state index in [1.807, 2.05) is 55.6 Å². The second-order valence-electron chi connectivity index (χ2n) is 7.10. The van der Waals surface area contributed by atoms with Gasteiger partial charge in [0.25, 0.3) is 0 Å². The summed E-state index contributed by atoms with van der Waals surface area (Å²) in [5.41, 5.74) is 3.25. The first-order valence-corrected chi connectivity index (χ1v) is 10.7. The van der Waals surface area contributed by atoms with Gasteiger partial charge in [-0.3, -0.25) is 9.69 Å². The van der Waals surface area contributed by atoms with Crippen molar-refractivity contribution in [3.05, 3.63) is 70.9 Å². The molecule has 0 spiro atoms. The maximum absolute atomic E-state index is 12.8. The average Bonchev–Trinajstić information content (AvgIpc) is 3.11. The van der Waals surface area contributed by atoms with Crippen molar-refractivity contribution in [3.63, 3.8) is 0 Å². The number of carbonyl (C=O) groups excluding carboxylic acids is 3. The van der Waals surface area contributed by atoms with Crippen molar-refractivity contribution >= 4 is 35.4 Å². The number of benzene rings is 2. The lowest BCUT2D eigenvalue weighted by atomic mass is 9.96. The minimum absolute atomic E-state index is 0.0291. The summed E-state index contributed by atoms with van der Waals surface area (Å²) in [5, 5.41) is 5.63. The number of urea groups is 1. The molecule has 7 nitrogen and oxygen atoms in total. The van der Waals surface area contributed by atoms with E-state index >= 15 is 0 Å². The monoisotopic (exact) mass is 423 g/mol. The molecule has 0 bridgehead atoms. The lowest BCUT2D eigenvalue weighted by Crippen LogP contribution is -2.49. The molecule has 2 N–H and O–H groups in total. The molecule has 30 heavy (non-hydrogen) atoms. The van der Waals surface area contributed by atoms with E-state index in [1.54, 1.807) is 17.8 Å². The van der Waals surface area contributed by atoms with Gasteiger partial charge in [-0.2, -0.15) is 0 Å².